The number of carbonyl (C=O) groups is 1. The molecule has 0 aromatic heterocycles. The molecule has 0 aliphatic carbocycles. The molecule has 2 fully saturated rings. The fourth-order valence-corrected chi connectivity index (χ4v) is 5.56. The van der Waals surface area contributed by atoms with E-state index in [0.29, 0.717) is 31.0 Å². The number of amides is 1. The number of rotatable bonds is 4. The minimum atomic E-state index is -3.59. The van der Waals surface area contributed by atoms with Crippen LogP contribution in [0.15, 0.2) is 33.6 Å². The highest BCUT2D eigenvalue weighted by atomic mass is 32.2. The Hall–Kier alpha value is -1.93. The lowest BCUT2D eigenvalue weighted by molar-refractivity contribution is -0.126. The molecule has 0 saturated carbocycles. The van der Waals surface area contributed by atoms with Gasteiger partial charge in [-0.25, -0.2) is 0 Å². The average molecular weight is 405 g/mol. The monoisotopic (exact) mass is 404 g/mol. The summed E-state index contributed by atoms with van der Waals surface area (Å²) in [5.41, 5.74) is 0.673. The number of hydrogen-bond acceptors (Lipinski definition) is 5. The standard InChI is InChI=1S/C20H28N4O3S/c25-20(21-10-15-23-11-4-1-5-12-23)16-8-13-24(14-9-16)19-17-6-2-3-7-18(17)28(26,27)22-19/h2-3,6-7,16H,1,4-5,8-15H2,(H,21,25). The van der Waals surface area contributed by atoms with Crippen LogP contribution in [0.2, 0.25) is 0 Å². The topological polar surface area (TPSA) is 82.1 Å². The Morgan fingerprint density at radius 2 is 1.79 bits per heavy atom. The summed E-state index contributed by atoms with van der Waals surface area (Å²) in [4.78, 5) is 17.2. The fraction of sp³-hybridized carbons (Fsp3) is 0.600. The van der Waals surface area contributed by atoms with Crippen molar-refractivity contribution in [2.45, 2.75) is 37.0 Å². The minimum Gasteiger partial charge on any atom is -0.355 e. The number of benzene rings is 1. The van der Waals surface area contributed by atoms with Crippen LogP contribution in [-0.2, 0) is 14.8 Å². The van der Waals surface area contributed by atoms with Crippen molar-refractivity contribution in [3.63, 3.8) is 0 Å². The van der Waals surface area contributed by atoms with Crippen LogP contribution in [0.4, 0.5) is 0 Å². The van der Waals surface area contributed by atoms with Gasteiger partial charge < -0.3 is 15.1 Å². The number of piperidine rings is 2. The number of amidine groups is 1. The molecule has 0 unspecified atom stereocenters. The van der Waals surface area contributed by atoms with E-state index in [2.05, 4.69) is 14.6 Å². The summed E-state index contributed by atoms with van der Waals surface area (Å²) >= 11 is 0. The molecule has 7 nitrogen and oxygen atoms in total. The van der Waals surface area contributed by atoms with Gasteiger partial charge in [-0.05, 0) is 50.9 Å². The number of nitrogens with zero attached hydrogens (tertiary/aromatic N) is 3. The van der Waals surface area contributed by atoms with E-state index in [4.69, 9.17) is 0 Å². The van der Waals surface area contributed by atoms with Gasteiger partial charge in [0.05, 0.1) is 0 Å². The average Bonchev–Trinajstić information content (AvgIpc) is 3.00. The van der Waals surface area contributed by atoms with Crippen molar-refractivity contribution in [1.29, 1.82) is 0 Å². The highest BCUT2D eigenvalue weighted by molar-refractivity contribution is 7.90. The third-order valence-electron chi connectivity index (χ3n) is 5.95. The number of likely N-dealkylation sites (tertiary alicyclic amines) is 2. The lowest BCUT2D eigenvalue weighted by Gasteiger charge is -2.33. The Morgan fingerprint density at radius 1 is 1.07 bits per heavy atom. The first-order valence-corrected chi connectivity index (χ1v) is 11.7. The summed E-state index contributed by atoms with van der Waals surface area (Å²) in [5, 5.41) is 3.09. The fourth-order valence-electron chi connectivity index (χ4n) is 4.33. The van der Waals surface area contributed by atoms with Gasteiger partial charge >= 0.3 is 0 Å². The van der Waals surface area contributed by atoms with E-state index in [1.54, 1.807) is 18.2 Å². The van der Waals surface area contributed by atoms with Crippen molar-refractivity contribution in [3.8, 4) is 0 Å². The van der Waals surface area contributed by atoms with Crippen LogP contribution in [0.5, 0.6) is 0 Å². The van der Waals surface area contributed by atoms with E-state index in [-0.39, 0.29) is 16.7 Å². The molecule has 28 heavy (non-hydrogen) atoms. The van der Waals surface area contributed by atoms with Gasteiger partial charge in [-0.1, -0.05) is 18.6 Å². The van der Waals surface area contributed by atoms with Crippen molar-refractivity contribution in [2.24, 2.45) is 10.3 Å². The lowest BCUT2D eigenvalue weighted by atomic mass is 9.95. The first-order valence-electron chi connectivity index (χ1n) is 10.2. The SMILES string of the molecule is O=C(NCCN1CCCCC1)C1CCN(C2=NS(=O)(=O)c3ccccc32)CC1. The lowest BCUT2D eigenvalue weighted by Crippen LogP contribution is -2.44. The Balaban J connectivity index is 1.28. The number of carbonyl (C=O) groups excluding carboxylic acids is 1. The summed E-state index contributed by atoms with van der Waals surface area (Å²) in [6, 6.07) is 6.95. The molecule has 3 aliphatic rings. The van der Waals surface area contributed by atoms with Crippen LogP contribution in [0, 0.1) is 5.92 Å². The Bertz CT molecular complexity index is 854. The summed E-state index contributed by atoms with van der Waals surface area (Å²) in [6.07, 6.45) is 5.27. The van der Waals surface area contributed by atoms with E-state index < -0.39 is 10.0 Å². The molecule has 0 spiro atoms. The van der Waals surface area contributed by atoms with Crippen LogP contribution >= 0.6 is 0 Å². The largest absolute Gasteiger partial charge is 0.355 e. The van der Waals surface area contributed by atoms with E-state index >= 15 is 0 Å². The molecular weight excluding hydrogens is 376 g/mol. The molecule has 1 amide bonds. The normalized spacial score (nSPS) is 22.6. The molecule has 152 valence electrons. The second kappa shape index (κ2) is 8.21. The van der Waals surface area contributed by atoms with Crippen molar-refractivity contribution in [1.82, 2.24) is 15.1 Å². The second-order valence-electron chi connectivity index (χ2n) is 7.84. The summed E-state index contributed by atoms with van der Waals surface area (Å²) in [7, 11) is -3.59. The zero-order valence-electron chi connectivity index (χ0n) is 16.1. The van der Waals surface area contributed by atoms with Crippen LogP contribution < -0.4 is 5.32 Å². The molecule has 0 atom stereocenters. The van der Waals surface area contributed by atoms with Gasteiger partial charge in [0.1, 0.15) is 4.90 Å². The maximum atomic E-state index is 12.5. The van der Waals surface area contributed by atoms with Crippen molar-refractivity contribution in [3.05, 3.63) is 29.8 Å². The quantitative estimate of drug-likeness (QED) is 0.821. The molecule has 4 rings (SSSR count). The van der Waals surface area contributed by atoms with Gasteiger partial charge in [-0.15, -0.1) is 4.40 Å². The highest BCUT2D eigenvalue weighted by Gasteiger charge is 2.34. The molecule has 0 bridgehead atoms. The zero-order chi connectivity index (χ0) is 19.6. The minimum absolute atomic E-state index is 0.00791. The number of nitrogens with one attached hydrogen (secondary N) is 1. The van der Waals surface area contributed by atoms with E-state index in [1.807, 2.05) is 11.0 Å². The Labute approximate surface area is 166 Å². The molecular formula is C20H28N4O3S. The highest BCUT2D eigenvalue weighted by Crippen LogP contribution is 2.29. The molecule has 1 aromatic carbocycles. The van der Waals surface area contributed by atoms with Gasteiger partial charge in [-0.2, -0.15) is 8.42 Å². The molecule has 8 heteroatoms. The van der Waals surface area contributed by atoms with Gasteiger partial charge in [0.2, 0.25) is 5.91 Å². The van der Waals surface area contributed by atoms with Gasteiger partial charge in [0.15, 0.2) is 5.84 Å². The maximum Gasteiger partial charge on any atom is 0.285 e. The first kappa shape index (κ1) is 19.4. The van der Waals surface area contributed by atoms with Crippen LogP contribution in [0.3, 0.4) is 0 Å². The van der Waals surface area contributed by atoms with Gasteiger partial charge in [-0.3, -0.25) is 4.79 Å². The van der Waals surface area contributed by atoms with Crippen LogP contribution in [0.25, 0.3) is 0 Å². The Morgan fingerprint density at radius 3 is 2.54 bits per heavy atom. The first-order chi connectivity index (χ1) is 13.5. The molecule has 3 aliphatic heterocycles. The number of fused-ring (bicyclic) bond motifs is 1. The number of sulfonamides is 1. The second-order valence-corrected chi connectivity index (χ2v) is 9.41. The number of hydrogen-bond donors (Lipinski definition) is 1. The molecule has 0 radical (unpaired) electrons. The van der Waals surface area contributed by atoms with Crippen LogP contribution in [0.1, 0.15) is 37.7 Å². The van der Waals surface area contributed by atoms with Gasteiger partial charge in [0, 0.05) is 37.7 Å². The van der Waals surface area contributed by atoms with Crippen molar-refractivity contribution in [2.75, 3.05) is 39.3 Å². The van der Waals surface area contributed by atoms with E-state index in [0.717, 1.165) is 32.5 Å². The molecule has 3 heterocycles. The van der Waals surface area contributed by atoms with Gasteiger partial charge in [0.25, 0.3) is 10.0 Å². The third kappa shape index (κ3) is 4.07. The molecule has 1 aromatic rings. The smallest absolute Gasteiger partial charge is 0.285 e. The van der Waals surface area contributed by atoms with E-state index in [9.17, 15) is 13.2 Å². The molecule has 2 saturated heterocycles. The summed E-state index contributed by atoms with van der Waals surface area (Å²) in [5.74, 6) is 0.643. The van der Waals surface area contributed by atoms with Crippen molar-refractivity contribution >= 4 is 21.8 Å². The summed E-state index contributed by atoms with van der Waals surface area (Å²) in [6.45, 7) is 5.20. The zero-order valence-corrected chi connectivity index (χ0v) is 17.0. The van der Waals surface area contributed by atoms with Crippen molar-refractivity contribution < 1.29 is 13.2 Å². The maximum absolute atomic E-state index is 12.5. The summed E-state index contributed by atoms with van der Waals surface area (Å²) < 4.78 is 28.5. The van der Waals surface area contributed by atoms with E-state index in [1.165, 1.54) is 19.3 Å². The molecule has 1 N–H and O–H groups in total. The third-order valence-corrected chi connectivity index (χ3v) is 7.28. The predicted octanol–water partition coefficient (Wildman–Crippen LogP) is 1.45. The Kier molecular flexibility index (Phi) is 5.68. The predicted molar refractivity (Wildman–Crippen MR) is 108 cm³/mol. The van der Waals surface area contributed by atoms with Crippen LogP contribution in [-0.4, -0.2) is 69.2 Å².